The third-order valence-corrected chi connectivity index (χ3v) is 6.10. The van der Waals surface area contributed by atoms with E-state index in [2.05, 4.69) is 15.3 Å². The predicted octanol–water partition coefficient (Wildman–Crippen LogP) is 5.06. The summed E-state index contributed by atoms with van der Waals surface area (Å²) in [5, 5.41) is 14.9. The van der Waals surface area contributed by atoms with Crippen molar-refractivity contribution in [2.75, 3.05) is 5.75 Å². The fourth-order valence-electron chi connectivity index (χ4n) is 3.62. The van der Waals surface area contributed by atoms with Crippen LogP contribution in [0.5, 0.6) is 0 Å². The smallest absolute Gasteiger partial charge is 0.243 e. The van der Waals surface area contributed by atoms with Gasteiger partial charge in [-0.2, -0.15) is 5.01 Å². The van der Waals surface area contributed by atoms with Gasteiger partial charge in [0.15, 0.2) is 11.0 Å². The minimum Gasteiger partial charge on any atom is -0.449 e. The highest BCUT2D eigenvalue weighted by atomic mass is 32.2. The Morgan fingerprint density at radius 3 is 2.35 bits per heavy atom. The van der Waals surface area contributed by atoms with Crippen LogP contribution in [0.15, 0.2) is 95.2 Å². The van der Waals surface area contributed by atoms with Crippen molar-refractivity contribution in [2.24, 2.45) is 5.10 Å². The summed E-state index contributed by atoms with van der Waals surface area (Å²) < 4.78 is 22.2. The first kappa shape index (κ1) is 21.8. The second kappa shape index (κ2) is 9.48. The minimum atomic E-state index is -0.943. The maximum atomic E-state index is 14.4. The van der Waals surface area contributed by atoms with Crippen LogP contribution in [-0.2, 0) is 9.53 Å². The van der Waals surface area contributed by atoms with Gasteiger partial charge in [0.1, 0.15) is 5.82 Å². The fraction of sp³-hybridized carbons (Fsp3) is 0.120. The third-order valence-electron chi connectivity index (χ3n) is 5.19. The summed E-state index contributed by atoms with van der Waals surface area (Å²) in [6.07, 6.45) is -0.943. The van der Waals surface area contributed by atoms with Crippen LogP contribution in [0.25, 0.3) is 17.1 Å². The number of para-hydroxylation sites is 1. The number of thioether (sulfide) groups is 1. The number of ether oxygens (including phenoxy) is 1. The molecule has 4 aromatic rings. The Bertz CT molecular complexity index is 1340. The van der Waals surface area contributed by atoms with Crippen LogP contribution >= 0.6 is 11.8 Å². The minimum absolute atomic E-state index is 0.250. The van der Waals surface area contributed by atoms with Gasteiger partial charge in [-0.25, -0.2) is 4.39 Å². The van der Waals surface area contributed by atoms with Crippen molar-refractivity contribution in [1.82, 2.24) is 19.8 Å². The van der Waals surface area contributed by atoms with Gasteiger partial charge in [0.25, 0.3) is 0 Å². The van der Waals surface area contributed by atoms with Crippen molar-refractivity contribution < 1.29 is 13.9 Å². The van der Waals surface area contributed by atoms with E-state index in [0.29, 0.717) is 16.9 Å². The molecule has 1 amide bonds. The van der Waals surface area contributed by atoms with E-state index in [1.54, 1.807) is 18.2 Å². The highest BCUT2D eigenvalue weighted by Crippen LogP contribution is 2.33. The van der Waals surface area contributed by atoms with Crippen molar-refractivity contribution in [3.63, 3.8) is 0 Å². The fourth-order valence-corrected chi connectivity index (χ4v) is 4.42. The monoisotopic (exact) mass is 473 g/mol. The summed E-state index contributed by atoms with van der Waals surface area (Å²) in [6, 6.07) is 25.8. The number of rotatable bonds is 6. The number of halogens is 1. The topological polar surface area (TPSA) is 72.6 Å². The number of aromatic nitrogens is 3. The molecule has 9 heteroatoms. The van der Waals surface area contributed by atoms with Gasteiger partial charge in [0.2, 0.25) is 18.0 Å². The molecule has 170 valence electrons. The molecular formula is C25H20FN5O2S. The van der Waals surface area contributed by atoms with E-state index in [9.17, 15) is 9.18 Å². The first-order chi connectivity index (χ1) is 16.6. The summed E-state index contributed by atoms with van der Waals surface area (Å²) in [5.41, 5.74) is 2.10. The Kier molecular flexibility index (Phi) is 6.09. The molecule has 0 fully saturated rings. The number of hydrogen-bond donors (Lipinski definition) is 0. The summed E-state index contributed by atoms with van der Waals surface area (Å²) >= 11 is 1.37. The lowest BCUT2D eigenvalue weighted by atomic mass is 10.2. The molecule has 1 atom stereocenters. The van der Waals surface area contributed by atoms with Crippen molar-refractivity contribution >= 4 is 23.6 Å². The lowest BCUT2D eigenvalue weighted by Gasteiger charge is -2.19. The Morgan fingerprint density at radius 1 is 0.971 bits per heavy atom. The normalized spacial score (nSPS) is 15.2. The molecule has 0 N–H and O–H groups in total. The lowest BCUT2D eigenvalue weighted by molar-refractivity contribution is -0.135. The molecule has 0 saturated heterocycles. The van der Waals surface area contributed by atoms with E-state index in [1.807, 2.05) is 65.2 Å². The zero-order valence-corrected chi connectivity index (χ0v) is 19.0. The van der Waals surface area contributed by atoms with E-state index >= 15 is 0 Å². The molecule has 0 spiro atoms. The molecule has 0 bridgehead atoms. The molecule has 0 aliphatic carbocycles. The Hall–Kier alpha value is -3.98. The molecule has 0 saturated carbocycles. The second-order valence-corrected chi connectivity index (χ2v) is 8.42. The van der Waals surface area contributed by atoms with Crippen molar-refractivity contribution in [1.29, 1.82) is 0 Å². The van der Waals surface area contributed by atoms with Gasteiger partial charge in [-0.3, -0.25) is 9.36 Å². The van der Waals surface area contributed by atoms with Crippen molar-refractivity contribution in [3.05, 3.63) is 96.3 Å². The first-order valence-electron chi connectivity index (χ1n) is 10.6. The highest BCUT2D eigenvalue weighted by molar-refractivity contribution is 7.99. The van der Waals surface area contributed by atoms with Crippen LogP contribution in [0.3, 0.4) is 0 Å². The quantitative estimate of drug-likeness (QED) is 0.366. The number of hydrazone groups is 1. The lowest BCUT2D eigenvalue weighted by Crippen LogP contribution is -2.26. The Morgan fingerprint density at radius 2 is 1.65 bits per heavy atom. The largest absolute Gasteiger partial charge is 0.449 e. The number of hydrogen-bond acceptors (Lipinski definition) is 6. The number of benzene rings is 3. The zero-order chi connectivity index (χ0) is 23.5. The molecule has 3 aromatic carbocycles. The van der Waals surface area contributed by atoms with Crippen LogP contribution in [0.4, 0.5) is 4.39 Å². The second-order valence-electron chi connectivity index (χ2n) is 7.48. The van der Waals surface area contributed by atoms with Crippen LogP contribution in [0.2, 0.25) is 0 Å². The van der Waals surface area contributed by atoms with Crippen LogP contribution in [0.1, 0.15) is 18.7 Å². The van der Waals surface area contributed by atoms with Gasteiger partial charge in [-0.15, -0.1) is 15.3 Å². The number of amides is 1. The maximum absolute atomic E-state index is 14.4. The molecule has 5 rings (SSSR count). The molecule has 2 heterocycles. The van der Waals surface area contributed by atoms with Gasteiger partial charge in [0, 0.05) is 18.2 Å². The van der Waals surface area contributed by atoms with Gasteiger partial charge in [-0.1, -0.05) is 78.5 Å². The van der Waals surface area contributed by atoms with Crippen LogP contribution < -0.4 is 0 Å². The van der Waals surface area contributed by atoms with Gasteiger partial charge >= 0.3 is 0 Å². The first-order valence-corrected chi connectivity index (χ1v) is 11.6. The average Bonchev–Trinajstić information content (AvgIpc) is 3.49. The van der Waals surface area contributed by atoms with E-state index in [4.69, 9.17) is 4.74 Å². The molecule has 0 radical (unpaired) electrons. The molecule has 7 nitrogen and oxygen atoms in total. The van der Waals surface area contributed by atoms with Crippen LogP contribution in [0, 0.1) is 5.82 Å². The summed E-state index contributed by atoms with van der Waals surface area (Å²) in [7, 11) is 0. The highest BCUT2D eigenvalue weighted by Gasteiger charge is 2.34. The Balaban J connectivity index is 1.42. The van der Waals surface area contributed by atoms with E-state index < -0.39 is 12.0 Å². The summed E-state index contributed by atoms with van der Waals surface area (Å²) in [4.78, 5) is 12.1. The summed E-state index contributed by atoms with van der Waals surface area (Å²) in [5.74, 6) is 0.496. The zero-order valence-electron chi connectivity index (χ0n) is 18.2. The molecule has 1 aliphatic heterocycles. The standard InChI is InChI=1S/C25H20FN5O2S/c1-17(32)31-24(20-14-8-9-15-21(20)26)33-22(29-31)16-34-25-28-27-23(18-10-4-2-5-11-18)30(25)19-12-6-3-7-13-19/h2-15,24H,16H2,1H3/t24-/m1/s1. The predicted molar refractivity (Wildman–Crippen MR) is 128 cm³/mol. The molecular weight excluding hydrogens is 453 g/mol. The van der Waals surface area contributed by atoms with Gasteiger partial charge in [-0.05, 0) is 18.2 Å². The molecule has 34 heavy (non-hydrogen) atoms. The Labute approximate surface area is 199 Å². The van der Waals surface area contributed by atoms with Gasteiger partial charge in [0.05, 0.1) is 11.3 Å². The SMILES string of the molecule is CC(=O)N1N=C(CSc2nnc(-c3ccccc3)n2-c2ccccc2)O[C@@H]1c1ccccc1F. The van der Waals surface area contributed by atoms with E-state index in [0.717, 1.165) is 16.3 Å². The number of carbonyl (C=O) groups is 1. The summed E-state index contributed by atoms with van der Waals surface area (Å²) in [6.45, 7) is 1.37. The number of carbonyl (C=O) groups excluding carboxylic acids is 1. The van der Waals surface area contributed by atoms with Crippen molar-refractivity contribution in [3.8, 4) is 17.1 Å². The van der Waals surface area contributed by atoms with Gasteiger partial charge < -0.3 is 4.74 Å². The number of nitrogens with zero attached hydrogens (tertiary/aromatic N) is 5. The van der Waals surface area contributed by atoms with Crippen LogP contribution in [-0.4, -0.2) is 37.3 Å². The van der Waals surface area contributed by atoms with E-state index in [1.165, 1.54) is 24.8 Å². The third kappa shape index (κ3) is 4.29. The van der Waals surface area contributed by atoms with Crippen molar-refractivity contribution in [2.45, 2.75) is 18.3 Å². The average molecular weight is 474 g/mol. The maximum Gasteiger partial charge on any atom is 0.243 e. The molecule has 1 aliphatic rings. The molecule has 1 aromatic heterocycles. The molecule has 0 unspecified atom stereocenters. The van der Waals surface area contributed by atoms with E-state index in [-0.39, 0.29) is 17.2 Å².